The Bertz CT molecular complexity index is 1210. The summed E-state index contributed by atoms with van der Waals surface area (Å²) in [5, 5.41) is 11.1. The first kappa shape index (κ1) is 32.2. The van der Waals surface area contributed by atoms with Crippen molar-refractivity contribution in [3.05, 3.63) is 54.6 Å². The van der Waals surface area contributed by atoms with E-state index in [9.17, 15) is 19.5 Å². The third kappa shape index (κ3) is 4.99. The fourth-order valence-corrected chi connectivity index (χ4v) is 7.89. The first-order valence-electron chi connectivity index (χ1n) is 15.3. The maximum atomic E-state index is 14.9. The molecule has 3 fully saturated rings. The van der Waals surface area contributed by atoms with E-state index in [4.69, 9.17) is 16.3 Å². The Morgan fingerprint density at radius 2 is 1.86 bits per heavy atom. The lowest BCUT2D eigenvalue weighted by atomic mass is 9.64. The largest absolute Gasteiger partial charge is 0.394 e. The SMILES string of the molecule is C=CCN(CCC)C(=O)[C@@H]1[C@H]2C(=O)N([C@@H](CO)[C@@H](C)CC)C(C(=O)N(CC=C)c3ccccc3Cl)C23CC[C@@]1(CC)O3. The summed E-state index contributed by atoms with van der Waals surface area (Å²) in [5.74, 6) is -2.45. The van der Waals surface area contributed by atoms with Gasteiger partial charge < -0.3 is 24.5 Å². The van der Waals surface area contributed by atoms with Gasteiger partial charge in [0.05, 0.1) is 40.8 Å². The number of likely N-dealkylation sites (tertiary alicyclic amines) is 1. The fourth-order valence-electron chi connectivity index (χ4n) is 7.65. The van der Waals surface area contributed by atoms with Crippen molar-refractivity contribution in [1.82, 2.24) is 9.80 Å². The van der Waals surface area contributed by atoms with Crippen molar-refractivity contribution < 1.29 is 24.2 Å². The van der Waals surface area contributed by atoms with Crippen LogP contribution in [0.2, 0.25) is 5.02 Å². The molecule has 0 radical (unpaired) electrons. The van der Waals surface area contributed by atoms with Crippen LogP contribution >= 0.6 is 11.6 Å². The van der Waals surface area contributed by atoms with E-state index in [0.29, 0.717) is 49.5 Å². The van der Waals surface area contributed by atoms with Gasteiger partial charge >= 0.3 is 0 Å². The van der Waals surface area contributed by atoms with E-state index in [0.717, 1.165) is 6.42 Å². The highest BCUT2D eigenvalue weighted by Gasteiger charge is 2.79. The first-order chi connectivity index (χ1) is 20.1. The molecule has 9 heteroatoms. The Morgan fingerprint density at radius 1 is 1.17 bits per heavy atom. The molecule has 230 valence electrons. The molecule has 8 nitrogen and oxygen atoms in total. The molecule has 7 atom stereocenters. The lowest BCUT2D eigenvalue weighted by molar-refractivity contribution is -0.154. The molecular weight excluding hydrogens is 554 g/mol. The molecule has 1 aromatic rings. The van der Waals surface area contributed by atoms with Crippen molar-refractivity contribution in [3.63, 3.8) is 0 Å². The quantitative estimate of drug-likeness (QED) is 0.309. The van der Waals surface area contributed by atoms with Crippen LogP contribution in [0.1, 0.15) is 59.8 Å². The predicted octanol–water partition coefficient (Wildman–Crippen LogP) is 4.85. The molecule has 3 heterocycles. The molecule has 4 rings (SSSR count). The van der Waals surface area contributed by atoms with Gasteiger partial charge in [0.25, 0.3) is 5.91 Å². The number of hydrogen-bond acceptors (Lipinski definition) is 5. The van der Waals surface area contributed by atoms with Crippen molar-refractivity contribution in [1.29, 1.82) is 0 Å². The molecular formula is C33H46ClN3O5. The number of amides is 3. The van der Waals surface area contributed by atoms with E-state index in [1.165, 1.54) is 0 Å². The van der Waals surface area contributed by atoms with Gasteiger partial charge in [-0.25, -0.2) is 0 Å². The van der Waals surface area contributed by atoms with Gasteiger partial charge in [-0.05, 0) is 43.7 Å². The van der Waals surface area contributed by atoms with Gasteiger partial charge in [-0.15, -0.1) is 13.2 Å². The maximum Gasteiger partial charge on any atom is 0.253 e. The minimum absolute atomic E-state index is 0.0958. The zero-order chi connectivity index (χ0) is 30.8. The Hall–Kier alpha value is -2.68. The molecule has 1 N–H and O–H groups in total. The summed E-state index contributed by atoms with van der Waals surface area (Å²) >= 11 is 6.59. The van der Waals surface area contributed by atoms with Crippen molar-refractivity contribution in [3.8, 4) is 0 Å². The summed E-state index contributed by atoms with van der Waals surface area (Å²) in [6, 6.07) is 5.42. The molecule has 2 bridgehead atoms. The number of hydrogen-bond donors (Lipinski definition) is 1. The number of anilines is 1. The van der Waals surface area contributed by atoms with Crippen LogP contribution in [0.5, 0.6) is 0 Å². The number of aliphatic hydroxyl groups is 1. The molecule has 0 aromatic heterocycles. The van der Waals surface area contributed by atoms with Gasteiger partial charge in [-0.1, -0.05) is 70.0 Å². The number of nitrogens with zero attached hydrogens (tertiary/aromatic N) is 3. The molecule has 3 aliphatic rings. The number of para-hydroxylation sites is 1. The van der Waals surface area contributed by atoms with Crippen LogP contribution in [0, 0.1) is 17.8 Å². The number of fused-ring (bicyclic) bond motifs is 1. The monoisotopic (exact) mass is 599 g/mol. The summed E-state index contributed by atoms with van der Waals surface area (Å²) in [7, 11) is 0. The second-order valence-electron chi connectivity index (χ2n) is 12.0. The second kappa shape index (κ2) is 12.9. The zero-order valence-corrected chi connectivity index (χ0v) is 26.2. The highest BCUT2D eigenvalue weighted by Crippen LogP contribution is 2.65. The van der Waals surface area contributed by atoms with Gasteiger partial charge in [-0.3, -0.25) is 14.4 Å². The average Bonchev–Trinajstić information content (AvgIpc) is 3.59. The third-order valence-corrected chi connectivity index (χ3v) is 10.2. The maximum absolute atomic E-state index is 14.9. The highest BCUT2D eigenvalue weighted by atomic mass is 35.5. The summed E-state index contributed by atoms with van der Waals surface area (Å²) in [4.78, 5) is 48.8. The molecule has 3 amide bonds. The minimum Gasteiger partial charge on any atom is -0.394 e. The van der Waals surface area contributed by atoms with Crippen molar-refractivity contribution >= 4 is 35.0 Å². The zero-order valence-electron chi connectivity index (χ0n) is 25.4. The summed E-state index contributed by atoms with van der Waals surface area (Å²) in [5.41, 5.74) is -1.56. The van der Waals surface area contributed by atoms with Crippen LogP contribution in [0.15, 0.2) is 49.6 Å². The van der Waals surface area contributed by atoms with Gasteiger partial charge in [0, 0.05) is 19.6 Å². The normalized spacial score (nSPS) is 29.2. The number of benzene rings is 1. The van der Waals surface area contributed by atoms with Gasteiger partial charge in [-0.2, -0.15) is 0 Å². The Balaban J connectivity index is 1.91. The molecule has 0 aliphatic carbocycles. The smallest absolute Gasteiger partial charge is 0.253 e. The van der Waals surface area contributed by atoms with E-state index >= 15 is 0 Å². The van der Waals surface area contributed by atoms with E-state index in [-0.39, 0.29) is 36.8 Å². The van der Waals surface area contributed by atoms with Crippen LogP contribution in [0.3, 0.4) is 0 Å². The first-order valence-corrected chi connectivity index (χ1v) is 15.7. The van der Waals surface area contributed by atoms with Crippen LogP contribution in [0.4, 0.5) is 5.69 Å². The van der Waals surface area contributed by atoms with Gasteiger partial charge in [0.2, 0.25) is 11.8 Å². The van der Waals surface area contributed by atoms with E-state index in [1.807, 2.05) is 27.7 Å². The van der Waals surface area contributed by atoms with Gasteiger partial charge in [0.15, 0.2) is 0 Å². The van der Waals surface area contributed by atoms with Crippen LogP contribution in [-0.4, -0.2) is 82.2 Å². The number of carbonyl (C=O) groups is 3. The van der Waals surface area contributed by atoms with E-state index in [2.05, 4.69) is 13.2 Å². The number of ether oxygens (including phenoxy) is 1. The van der Waals surface area contributed by atoms with Gasteiger partial charge in [0.1, 0.15) is 11.6 Å². The van der Waals surface area contributed by atoms with Crippen molar-refractivity contribution in [2.75, 3.05) is 31.1 Å². The van der Waals surface area contributed by atoms with Crippen LogP contribution < -0.4 is 4.90 Å². The summed E-state index contributed by atoms with van der Waals surface area (Å²) in [6.07, 6.45) is 6.35. The number of rotatable bonds is 14. The molecule has 1 aromatic carbocycles. The van der Waals surface area contributed by atoms with Crippen molar-refractivity contribution in [2.24, 2.45) is 17.8 Å². The summed E-state index contributed by atoms with van der Waals surface area (Å²) in [6.45, 7) is 16.4. The second-order valence-corrected chi connectivity index (χ2v) is 12.4. The van der Waals surface area contributed by atoms with Crippen LogP contribution in [-0.2, 0) is 19.1 Å². The molecule has 1 spiro atoms. The average molecular weight is 600 g/mol. The number of carbonyl (C=O) groups excluding carboxylic acids is 3. The number of aliphatic hydroxyl groups excluding tert-OH is 1. The molecule has 42 heavy (non-hydrogen) atoms. The third-order valence-electron chi connectivity index (χ3n) is 9.84. The molecule has 2 unspecified atom stereocenters. The lowest BCUT2D eigenvalue weighted by Gasteiger charge is -2.41. The Kier molecular flexibility index (Phi) is 9.90. The highest BCUT2D eigenvalue weighted by molar-refractivity contribution is 6.34. The molecule has 0 saturated carbocycles. The van der Waals surface area contributed by atoms with Crippen LogP contribution in [0.25, 0.3) is 0 Å². The number of halogens is 1. The molecule has 3 aliphatic heterocycles. The Morgan fingerprint density at radius 3 is 2.43 bits per heavy atom. The summed E-state index contributed by atoms with van der Waals surface area (Å²) < 4.78 is 6.97. The van der Waals surface area contributed by atoms with E-state index < -0.39 is 35.1 Å². The topological polar surface area (TPSA) is 90.4 Å². The lowest BCUT2D eigenvalue weighted by Crippen LogP contribution is -2.60. The fraction of sp³-hybridized carbons (Fsp3) is 0.606. The van der Waals surface area contributed by atoms with E-state index in [1.54, 1.807) is 51.1 Å². The molecule has 3 saturated heterocycles. The Labute approximate surface area is 255 Å². The predicted molar refractivity (Wildman–Crippen MR) is 165 cm³/mol. The minimum atomic E-state index is -1.21. The standard InChI is InChI=1S/C33H46ClN3O5/c1-7-18-35(19-8-2)29(39)26-27-30(40)37(25(21-38)22(6)10-4)28(33(27)17-16-32(26,11-5)42-33)31(41)36(20-9-3)24-15-13-12-14-23(24)34/h7,9,12-15,22,25-28,38H,1,3,8,10-11,16-21H2,2,4-6H3/t22-,25-,26-,27-,28?,32+,33?/m0/s1. The van der Waals surface area contributed by atoms with Crippen molar-refractivity contribution in [2.45, 2.75) is 83.1 Å².